The normalized spacial score (nSPS) is 16.5. The van der Waals surface area contributed by atoms with Crippen molar-refractivity contribution in [2.24, 2.45) is 4.99 Å². The molecule has 182 valence electrons. The molecule has 0 spiro atoms. The average Bonchev–Trinajstić information content (AvgIpc) is 2.76. The zero-order valence-corrected chi connectivity index (χ0v) is 23.6. The second-order valence-corrected chi connectivity index (χ2v) is 10.4. The Morgan fingerprint density at radius 1 is 0.971 bits per heavy atom. The number of benzene rings is 2. The van der Waals surface area contributed by atoms with E-state index in [1.54, 1.807) is 18.2 Å². The van der Waals surface area contributed by atoms with Crippen LogP contribution < -0.4 is 34.9 Å². The molecule has 35 heavy (non-hydrogen) atoms. The van der Waals surface area contributed by atoms with Gasteiger partial charge < -0.3 is 6.74 Å². The number of hydrogen-bond donors (Lipinski definition) is 3. The Hall–Kier alpha value is -2.05. The van der Waals surface area contributed by atoms with E-state index in [4.69, 9.17) is 0 Å². The topological polar surface area (TPSA) is 133 Å². The minimum atomic E-state index is -4.85. The van der Waals surface area contributed by atoms with Crippen LogP contribution in [0.1, 0.15) is 33.3 Å². The second kappa shape index (κ2) is 11.8. The van der Waals surface area contributed by atoms with Gasteiger partial charge in [0.2, 0.25) is 0 Å². The average molecular weight is 527 g/mol. The summed E-state index contributed by atoms with van der Waals surface area (Å²) in [6.45, 7) is 7.10. The van der Waals surface area contributed by atoms with Crippen molar-refractivity contribution in [1.82, 2.24) is 0 Å². The molecule has 0 saturated carbocycles. The van der Waals surface area contributed by atoms with E-state index in [1.807, 2.05) is 45.1 Å². The molecule has 3 rings (SSSR count). The molecule has 0 fully saturated rings. The summed E-state index contributed by atoms with van der Waals surface area (Å²) in [6.07, 6.45) is 5.47. The Balaban J connectivity index is 0.00000324. The first-order valence-electron chi connectivity index (χ1n) is 10.5. The van der Waals surface area contributed by atoms with Crippen LogP contribution in [-0.4, -0.2) is 44.7 Å². The minimum absolute atomic E-state index is 0. The molecule has 0 bridgehead atoms. The van der Waals surface area contributed by atoms with Crippen LogP contribution in [0.5, 0.6) is 0 Å². The largest absolute Gasteiger partial charge is 1.00 e. The van der Waals surface area contributed by atoms with Crippen molar-refractivity contribution in [3.05, 3.63) is 83.0 Å². The van der Waals surface area contributed by atoms with Crippen molar-refractivity contribution in [3.63, 3.8) is 0 Å². The summed E-state index contributed by atoms with van der Waals surface area (Å²) in [4.78, 5) is 3.16. The smallest absolute Gasteiger partial charge is 1.00 e. The number of nitrogens with zero attached hydrogens (tertiary/aromatic N) is 1. The summed E-state index contributed by atoms with van der Waals surface area (Å²) in [7, 11) is -9.54. The molecule has 0 aliphatic heterocycles. The first-order valence-corrected chi connectivity index (χ1v) is 13.4. The van der Waals surface area contributed by atoms with Crippen molar-refractivity contribution < 1.29 is 56.9 Å². The van der Waals surface area contributed by atoms with Gasteiger partial charge in [-0.3, -0.25) is 14.1 Å². The molecule has 0 aromatic heterocycles. The molecule has 1 aliphatic rings. The molecule has 1 aliphatic carbocycles. The number of hydrogen-bond acceptors (Lipinski definition) is 6. The zero-order chi connectivity index (χ0) is 25.1. The first kappa shape index (κ1) is 29.2. The van der Waals surface area contributed by atoms with Crippen LogP contribution in [-0.2, 0) is 20.2 Å². The number of nitrogens with one attached hydrogen (secondary N) is 1. The van der Waals surface area contributed by atoms with E-state index in [1.165, 1.54) is 6.07 Å². The van der Waals surface area contributed by atoms with Crippen LogP contribution in [0, 0.1) is 0 Å². The molecule has 0 heterocycles. The summed E-state index contributed by atoms with van der Waals surface area (Å²) in [5.74, 6) is 0. The maximum absolute atomic E-state index is 12.3. The third-order valence-corrected chi connectivity index (χ3v) is 6.91. The third kappa shape index (κ3) is 7.01. The SMILES string of the molecule is CCN=C1C=CC(=C(c2ccc(NCC)cc2)c2ccc(S(=O)(=O)O)cc2S(=O)(=O)O)C=C1C.[H-].[Na+]. The van der Waals surface area contributed by atoms with Crippen molar-refractivity contribution >= 4 is 37.2 Å². The maximum Gasteiger partial charge on any atom is 1.00 e. The van der Waals surface area contributed by atoms with Gasteiger partial charge in [0.25, 0.3) is 20.2 Å². The van der Waals surface area contributed by atoms with E-state index in [0.717, 1.165) is 35.6 Å². The van der Waals surface area contributed by atoms with Crippen molar-refractivity contribution in [3.8, 4) is 0 Å². The summed E-state index contributed by atoms with van der Waals surface area (Å²) < 4.78 is 67.2. The Labute approximate surface area is 229 Å². The van der Waals surface area contributed by atoms with Crippen molar-refractivity contribution in [2.45, 2.75) is 30.6 Å². The van der Waals surface area contributed by atoms with E-state index in [9.17, 15) is 25.9 Å². The molecule has 0 radical (unpaired) electrons. The zero-order valence-electron chi connectivity index (χ0n) is 21.0. The molecule has 0 atom stereocenters. The number of aliphatic imine (C=N–C) groups is 1. The van der Waals surface area contributed by atoms with E-state index in [0.29, 0.717) is 23.3 Å². The van der Waals surface area contributed by atoms with Gasteiger partial charge in [-0.1, -0.05) is 24.3 Å². The van der Waals surface area contributed by atoms with Gasteiger partial charge in [-0.05, 0) is 79.5 Å². The van der Waals surface area contributed by atoms with Crippen LogP contribution in [0.4, 0.5) is 5.69 Å². The van der Waals surface area contributed by atoms with E-state index in [-0.39, 0.29) is 36.5 Å². The molecule has 11 heteroatoms. The van der Waals surface area contributed by atoms with Crippen molar-refractivity contribution in [1.29, 1.82) is 0 Å². The Morgan fingerprint density at radius 3 is 2.14 bits per heavy atom. The minimum Gasteiger partial charge on any atom is -1.00 e. The summed E-state index contributed by atoms with van der Waals surface area (Å²) >= 11 is 0. The van der Waals surface area contributed by atoms with Crippen LogP contribution >= 0.6 is 0 Å². The second-order valence-electron chi connectivity index (χ2n) is 7.57. The van der Waals surface area contributed by atoms with Gasteiger partial charge in [-0.15, -0.1) is 0 Å². The molecule has 8 nitrogen and oxygen atoms in total. The predicted molar refractivity (Wildman–Crippen MR) is 135 cm³/mol. The van der Waals surface area contributed by atoms with E-state index >= 15 is 0 Å². The molecular formula is C24H27N2NaO6S2. The molecule has 0 amide bonds. The molecule has 2 aromatic rings. The van der Waals surface area contributed by atoms with Gasteiger partial charge in [0.15, 0.2) is 0 Å². The van der Waals surface area contributed by atoms with Gasteiger partial charge in [-0.25, -0.2) is 0 Å². The fraction of sp³-hybridized carbons (Fsp3) is 0.208. The fourth-order valence-electron chi connectivity index (χ4n) is 3.68. The van der Waals surface area contributed by atoms with Gasteiger partial charge >= 0.3 is 29.6 Å². The molecule has 0 saturated heterocycles. The van der Waals surface area contributed by atoms with Crippen LogP contribution in [0.2, 0.25) is 0 Å². The van der Waals surface area contributed by atoms with Crippen LogP contribution in [0.25, 0.3) is 5.57 Å². The quantitative estimate of drug-likeness (QED) is 0.368. The standard InChI is InChI=1S/C24H26N2O6S2.Na.H/c1-4-25-19-9-6-17(7-10-19)24(18-8-13-22(26-5-2)16(3)14-18)21-12-11-20(33(27,28)29)15-23(21)34(30,31)32;;/h6-15,25H,4-5H2,1-3H3,(H,27,28,29)(H,30,31,32);;/q;+1;-1. The molecular weight excluding hydrogens is 499 g/mol. The third-order valence-electron chi connectivity index (χ3n) is 5.17. The van der Waals surface area contributed by atoms with Gasteiger partial charge in [0.1, 0.15) is 4.90 Å². The molecule has 0 unspecified atom stereocenters. The molecule has 3 N–H and O–H groups in total. The van der Waals surface area contributed by atoms with Gasteiger partial charge in [-0.2, -0.15) is 16.8 Å². The van der Waals surface area contributed by atoms with E-state index in [2.05, 4.69) is 10.3 Å². The summed E-state index contributed by atoms with van der Waals surface area (Å²) in [5.41, 5.74) is 4.37. The monoisotopic (exact) mass is 526 g/mol. The summed E-state index contributed by atoms with van der Waals surface area (Å²) in [6, 6.07) is 10.4. The number of rotatable bonds is 7. The Kier molecular flexibility index (Phi) is 9.83. The maximum atomic E-state index is 12.3. The van der Waals surface area contributed by atoms with E-state index < -0.39 is 30.0 Å². The Morgan fingerprint density at radius 2 is 1.63 bits per heavy atom. The fourth-order valence-corrected chi connectivity index (χ4v) is 4.98. The Bertz CT molecular complexity index is 1450. The number of allylic oxidation sites excluding steroid dienone is 5. The van der Waals surface area contributed by atoms with Crippen LogP contribution in [0.15, 0.2) is 86.6 Å². The molecule has 2 aromatic carbocycles. The predicted octanol–water partition coefficient (Wildman–Crippen LogP) is 1.51. The van der Waals surface area contributed by atoms with Gasteiger partial charge in [0, 0.05) is 24.3 Å². The van der Waals surface area contributed by atoms with Gasteiger partial charge in [0.05, 0.1) is 10.6 Å². The first-order chi connectivity index (χ1) is 16.0. The summed E-state index contributed by atoms with van der Waals surface area (Å²) in [5, 5.41) is 3.19. The van der Waals surface area contributed by atoms with Crippen LogP contribution in [0.3, 0.4) is 0 Å². The van der Waals surface area contributed by atoms with Crippen molar-refractivity contribution in [2.75, 3.05) is 18.4 Å². The number of anilines is 1.